The van der Waals surface area contributed by atoms with Gasteiger partial charge in [0.2, 0.25) is 10.0 Å². The number of rotatable bonds is 6. The van der Waals surface area contributed by atoms with E-state index in [4.69, 9.17) is 10.2 Å². The van der Waals surface area contributed by atoms with Crippen molar-refractivity contribution in [1.82, 2.24) is 4.72 Å². The van der Waals surface area contributed by atoms with Crippen molar-refractivity contribution in [2.45, 2.75) is 24.8 Å². The first-order chi connectivity index (χ1) is 9.56. The molecular weight excluding hydrogens is 304 g/mol. The number of aliphatic hydroxyl groups is 1. The molecule has 0 aliphatic rings. The summed E-state index contributed by atoms with van der Waals surface area (Å²) >= 11 is 0. The Hall–Kier alpha value is -2.04. The molecule has 1 aromatic rings. The van der Waals surface area contributed by atoms with Crippen molar-refractivity contribution < 1.29 is 28.3 Å². The van der Waals surface area contributed by atoms with Crippen molar-refractivity contribution in [3.05, 3.63) is 33.4 Å². The van der Waals surface area contributed by atoms with Crippen molar-refractivity contribution in [3.8, 4) is 0 Å². The van der Waals surface area contributed by atoms with E-state index >= 15 is 0 Å². The van der Waals surface area contributed by atoms with Crippen LogP contribution >= 0.6 is 0 Å². The lowest BCUT2D eigenvalue weighted by atomic mass is 10.1. The predicted molar refractivity (Wildman–Crippen MR) is 71.4 cm³/mol. The van der Waals surface area contributed by atoms with Crippen LogP contribution in [-0.4, -0.2) is 42.2 Å². The van der Waals surface area contributed by atoms with Gasteiger partial charge in [-0.15, -0.1) is 0 Å². The summed E-state index contributed by atoms with van der Waals surface area (Å²) in [5.74, 6) is -1.58. The number of nitrogens with zero attached hydrogens (tertiary/aromatic N) is 1. The SMILES string of the molecule is Cc1cc([N+](=O)[O-])cc(S(=O)(=O)NCC(O)C(=O)O)c1C. The van der Waals surface area contributed by atoms with E-state index in [9.17, 15) is 23.3 Å². The smallest absolute Gasteiger partial charge is 0.333 e. The number of hydrogen-bond donors (Lipinski definition) is 3. The second-order valence-electron chi connectivity index (χ2n) is 4.35. The number of carboxylic acids is 1. The number of nitrogens with one attached hydrogen (secondary N) is 1. The highest BCUT2D eigenvalue weighted by molar-refractivity contribution is 7.89. The zero-order valence-electron chi connectivity index (χ0n) is 11.2. The minimum Gasteiger partial charge on any atom is -0.479 e. The second-order valence-corrected chi connectivity index (χ2v) is 6.08. The Labute approximate surface area is 120 Å². The first-order valence-corrected chi connectivity index (χ1v) is 7.20. The van der Waals surface area contributed by atoms with E-state index in [1.165, 1.54) is 19.9 Å². The number of sulfonamides is 1. The molecule has 0 aliphatic carbocycles. The highest BCUT2D eigenvalue weighted by Gasteiger charge is 2.24. The highest BCUT2D eigenvalue weighted by Crippen LogP contribution is 2.25. The molecule has 10 heteroatoms. The topological polar surface area (TPSA) is 147 Å². The molecule has 0 radical (unpaired) electrons. The fourth-order valence-electron chi connectivity index (χ4n) is 1.55. The van der Waals surface area contributed by atoms with Crippen molar-refractivity contribution >= 4 is 21.7 Å². The van der Waals surface area contributed by atoms with Gasteiger partial charge in [-0.3, -0.25) is 10.1 Å². The summed E-state index contributed by atoms with van der Waals surface area (Å²) in [4.78, 5) is 20.2. The number of nitro benzene ring substituents is 1. The molecule has 1 unspecified atom stereocenters. The highest BCUT2D eigenvalue weighted by atomic mass is 32.2. The van der Waals surface area contributed by atoms with Gasteiger partial charge in [-0.25, -0.2) is 17.9 Å². The van der Waals surface area contributed by atoms with Crippen molar-refractivity contribution in [3.63, 3.8) is 0 Å². The molecule has 1 rings (SSSR count). The summed E-state index contributed by atoms with van der Waals surface area (Å²) in [7, 11) is -4.18. The number of carboxylic acid groups (broad SMARTS) is 1. The normalized spacial score (nSPS) is 12.9. The van der Waals surface area contributed by atoms with Gasteiger partial charge in [-0.2, -0.15) is 0 Å². The Morgan fingerprint density at radius 2 is 2.00 bits per heavy atom. The molecule has 0 fully saturated rings. The third kappa shape index (κ3) is 3.97. The van der Waals surface area contributed by atoms with Gasteiger partial charge in [-0.1, -0.05) is 0 Å². The Balaban J connectivity index is 3.19. The molecule has 0 aromatic heterocycles. The Kier molecular flexibility index (Phi) is 4.99. The standard InChI is InChI=1S/C11H14N2O7S/c1-6-3-8(13(17)18)4-10(7(6)2)21(19,20)12-5-9(14)11(15)16/h3-4,9,12,14H,5H2,1-2H3,(H,15,16). The summed E-state index contributed by atoms with van der Waals surface area (Å²) in [6, 6.07) is 2.12. The summed E-state index contributed by atoms with van der Waals surface area (Å²) in [5.41, 5.74) is 0.318. The molecule has 1 atom stereocenters. The zero-order valence-corrected chi connectivity index (χ0v) is 12.0. The lowest BCUT2D eigenvalue weighted by Gasteiger charge is -2.12. The number of benzene rings is 1. The Morgan fingerprint density at radius 1 is 1.43 bits per heavy atom. The van der Waals surface area contributed by atoms with Crippen LogP contribution in [0.25, 0.3) is 0 Å². The maximum Gasteiger partial charge on any atom is 0.333 e. The van der Waals surface area contributed by atoms with Gasteiger partial charge in [0.25, 0.3) is 5.69 Å². The van der Waals surface area contributed by atoms with E-state index < -0.39 is 39.3 Å². The molecular formula is C11H14N2O7S. The minimum absolute atomic E-state index is 0.304. The van der Waals surface area contributed by atoms with E-state index in [1.807, 2.05) is 4.72 Å². The van der Waals surface area contributed by atoms with Crippen LogP contribution in [0.15, 0.2) is 17.0 Å². The number of aliphatic carboxylic acids is 1. The van der Waals surface area contributed by atoms with Gasteiger partial charge in [-0.05, 0) is 25.0 Å². The van der Waals surface area contributed by atoms with E-state index in [2.05, 4.69) is 0 Å². The predicted octanol–water partition coefficient (Wildman–Crippen LogP) is -0.0646. The minimum atomic E-state index is -4.18. The van der Waals surface area contributed by atoms with Gasteiger partial charge < -0.3 is 10.2 Å². The third-order valence-electron chi connectivity index (χ3n) is 2.86. The van der Waals surface area contributed by atoms with Crippen LogP contribution in [0.1, 0.15) is 11.1 Å². The fourth-order valence-corrected chi connectivity index (χ4v) is 2.92. The van der Waals surface area contributed by atoms with Crippen molar-refractivity contribution in [2.75, 3.05) is 6.54 Å². The van der Waals surface area contributed by atoms with Crippen LogP contribution in [0.5, 0.6) is 0 Å². The molecule has 0 spiro atoms. The van der Waals surface area contributed by atoms with Crippen molar-refractivity contribution in [1.29, 1.82) is 0 Å². The Morgan fingerprint density at radius 3 is 2.48 bits per heavy atom. The molecule has 0 heterocycles. The second kappa shape index (κ2) is 6.16. The zero-order chi connectivity index (χ0) is 16.4. The van der Waals surface area contributed by atoms with Crippen LogP contribution in [-0.2, 0) is 14.8 Å². The van der Waals surface area contributed by atoms with Crippen LogP contribution in [0.4, 0.5) is 5.69 Å². The lowest BCUT2D eigenvalue weighted by Crippen LogP contribution is -2.36. The summed E-state index contributed by atoms with van der Waals surface area (Å²) in [6.45, 7) is 2.26. The number of non-ortho nitro benzene ring substituents is 1. The molecule has 0 saturated carbocycles. The summed E-state index contributed by atoms with van der Waals surface area (Å²) in [5, 5.41) is 28.3. The third-order valence-corrected chi connectivity index (χ3v) is 4.41. The van der Waals surface area contributed by atoms with Gasteiger partial charge in [0.15, 0.2) is 6.10 Å². The molecule has 21 heavy (non-hydrogen) atoms. The van der Waals surface area contributed by atoms with Gasteiger partial charge in [0.05, 0.1) is 9.82 Å². The number of aliphatic hydroxyl groups excluding tert-OH is 1. The van der Waals surface area contributed by atoms with Gasteiger partial charge in [0.1, 0.15) is 0 Å². The van der Waals surface area contributed by atoms with Crippen LogP contribution in [0.3, 0.4) is 0 Å². The number of aryl methyl sites for hydroxylation is 1. The first kappa shape index (κ1) is 17.0. The molecule has 9 nitrogen and oxygen atoms in total. The average molecular weight is 318 g/mol. The summed E-state index contributed by atoms with van der Waals surface area (Å²) < 4.78 is 26.0. The van der Waals surface area contributed by atoms with Gasteiger partial charge in [0, 0.05) is 18.7 Å². The number of nitro groups is 1. The first-order valence-electron chi connectivity index (χ1n) is 5.72. The van der Waals surface area contributed by atoms with E-state index in [0.29, 0.717) is 11.1 Å². The average Bonchev–Trinajstić information content (AvgIpc) is 2.38. The maximum absolute atomic E-state index is 12.1. The van der Waals surface area contributed by atoms with E-state index in [1.54, 1.807) is 0 Å². The molecule has 116 valence electrons. The quantitative estimate of drug-likeness (QED) is 0.491. The molecule has 0 saturated heterocycles. The molecule has 0 aliphatic heterocycles. The largest absolute Gasteiger partial charge is 0.479 e. The van der Waals surface area contributed by atoms with E-state index in [0.717, 1.165) is 6.07 Å². The van der Waals surface area contributed by atoms with Gasteiger partial charge >= 0.3 is 5.97 Å². The fraction of sp³-hybridized carbons (Fsp3) is 0.364. The molecule has 0 bridgehead atoms. The lowest BCUT2D eigenvalue weighted by molar-refractivity contribution is -0.385. The van der Waals surface area contributed by atoms with E-state index in [-0.39, 0.29) is 4.90 Å². The molecule has 3 N–H and O–H groups in total. The number of hydrogen-bond acceptors (Lipinski definition) is 6. The Bertz CT molecular complexity index is 684. The molecule has 1 aromatic carbocycles. The van der Waals surface area contributed by atoms with Crippen molar-refractivity contribution in [2.24, 2.45) is 0 Å². The van der Waals surface area contributed by atoms with Crippen LogP contribution < -0.4 is 4.72 Å². The maximum atomic E-state index is 12.1. The van der Waals surface area contributed by atoms with Crippen LogP contribution in [0.2, 0.25) is 0 Å². The van der Waals surface area contributed by atoms with Crippen LogP contribution in [0, 0.1) is 24.0 Å². The number of carbonyl (C=O) groups is 1. The monoisotopic (exact) mass is 318 g/mol. The summed E-state index contributed by atoms with van der Waals surface area (Å²) in [6.07, 6.45) is -1.90. The molecule has 0 amide bonds.